The maximum atomic E-state index is 4.20. The summed E-state index contributed by atoms with van der Waals surface area (Å²) in [7, 11) is 0. The molecule has 0 heterocycles. The third-order valence-electron chi connectivity index (χ3n) is 3.70. The number of aliphatic imine (C=N–C) groups is 1. The molecule has 0 radical (unpaired) electrons. The van der Waals surface area contributed by atoms with Gasteiger partial charge >= 0.3 is 0 Å². The Morgan fingerprint density at radius 3 is 2.40 bits per heavy atom. The lowest BCUT2D eigenvalue weighted by atomic mass is 9.85. The molecule has 0 unspecified atom stereocenters. The fourth-order valence-corrected chi connectivity index (χ4v) is 2.29. The number of rotatable bonds is 8. The Kier molecular flexibility index (Phi) is 7.00. The average molecular weight is 269 g/mol. The van der Waals surface area contributed by atoms with E-state index in [-0.39, 0.29) is 0 Å². The number of allylic oxidation sites excluding steroid dienone is 6. The summed E-state index contributed by atoms with van der Waals surface area (Å²) < 4.78 is 0. The van der Waals surface area contributed by atoms with Crippen molar-refractivity contribution in [2.75, 3.05) is 0 Å². The Bertz CT molecular complexity index is 456. The van der Waals surface area contributed by atoms with E-state index in [4.69, 9.17) is 0 Å². The minimum Gasteiger partial charge on any atom is -0.263 e. The van der Waals surface area contributed by atoms with Crippen LogP contribution in [-0.4, -0.2) is 6.72 Å². The van der Waals surface area contributed by atoms with Gasteiger partial charge in [-0.2, -0.15) is 0 Å². The Balaban J connectivity index is 2.98. The highest BCUT2D eigenvalue weighted by Crippen LogP contribution is 2.29. The van der Waals surface area contributed by atoms with Gasteiger partial charge in [0.2, 0.25) is 0 Å². The van der Waals surface area contributed by atoms with E-state index >= 15 is 0 Å². The number of nitrogens with zero attached hydrogens (tertiary/aromatic N) is 1. The third kappa shape index (κ3) is 4.48. The molecule has 1 fully saturated rings. The van der Waals surface area contributed by atoms with Gasteiger partial charge in [0.05, 0.1) is 5.70 Å². The molecular weight excluding hydrogens is 242 g/mol. The molecule has 0 aromatic carbocycles. The van der Waals surface area contributed by atoms with Crippen LogP contribution in [0.2, 0.25) is 0 Å². The summed E-state index contributed by atoms with van der Waals surface area (Å²) in [5, 5.41) is 0. The highest BCUT2D eigenvalue weighted by atomic mass is 14.7. The molecule has 0 bridgehead atoms. The van der Waals surface area contributed by atoms with Crippen LogP contribution in [0.25, 0.3) is 0 Å². The summed E-state index contributed by atoms with van der Waals surface area (Å²) in [4.78, 5) is 4.20. The minimum absolute atomic E-state index is 0.724. The van der Waals surface area contributed by atoms with Crippen LogP contribution in [0.1, 0.15) is 46.0 Å². The van der Waals surface area contributed by atoms with Crippen molar-refractivity contribution in [2.24, 2.45) is 10.9 Å². The van der Waals surface area contributed by atoms with E-state index in [1.54, 1.807) is 0 Å². The van der Waals surface area contributed by atoms with Crippen LogP contribution in [0.5, 0.6) is 0 Å². The SMILES string of the molecule is C=N/C(C(=C)/C=C\C1CCC1)=C(/C=C\C)C(=C)CCC. The van der Waals surface area contributed by atoms with Gasteiger partial charge in [-0.15, -0.1) is 0 Å². The van der Waals surface area contributed by atoms with Crippen molar-refractivity contribution in [3.63, 3.8) is 0 Å². The van der Waals surface area contributed by atoms with Crippen molar-refractivity contribution >= 4 is 6.72 Å². The summed E-state index contributed by atoms with van der Waals surface area (Å²) in [6.45, 7) is 16.2. The van der Waals surface area contributed by atoms with E-state index in [1.807, 2.05) is 13.0 Å². The van der Waals surface area contributed by atoms with E-state index in [0.29, 0.717) is 0 Å². The van der Waals surface area contributed by atoms with E-state index in [2.05, 4.69) is 50.0 Å². The number of hydrogen-bond donors (Lipinski definition) is 0. The normalized spacial score (nSPS) is 17.1. The molecule has 0 atom stereocenters. The van der Waals surface area contributed by atoms with Crippen LogP contribution in [0, 0.1) is 5.92 Å². The van der Waals surface area contributed by atoms with Crippen molar-refractivity contribution in [1.29, 1.82) is 0 Å². The summed E-state index contributed by atoms with van der Waals surface area (Å²) in [5.74, 6) is 0.724. The fourth-order valence-electron chi connectivity index (χ4n) is 2.29. The van der Waals surface area contributed by atoms with Crippen LogP contribution in [-0.2, 0) is 0 Å². The van der Waals surface area contributed by atoms with Crippen molar-refractivity contribution in [3.8, 4) is 0 Å². The molecule has 0 saturated heterocycles. The lowest BCUT2D eigenvalue weighted by molar-refractivity contribution is 0.388. The van der Waals surface area contributed by atoms with Crippen LogP contribution >= 0.6 is 0 Å². The second-order valence-electron chi connectivity index (χ2n) is 5.35. The van der Waals surface area contributed by atoms with Gasteiger partial charge in [-0.1, -0.05) is 57.2 Å². The first-order valence-electron chi connectivity index (χ1n) is 7.53. The van der Waals surface area contributed by atoms with Gasteiger partial charge in [0.1, 0.15) is 0 Å². The van der Waals surface area contributed by atoms with Gasteiger partial charge in [-0.3, -0.25) is 4.99 Å². The van der Waals surface area contributed by atoms with E-state index in [1.165, 1.54) is 19.3 Å². The lowest BCUT2D eigenvalue weighted by Crippen LogP contribution is -2.07. The van der Waals surface area contributed by atoms with Crippen LogP contribution in [0.4, 0.5) is 0 Å². The summed E-state index contributed by atoms with van der Waals surface area (Å²) >= 11 is 0. The van der Waals surface area contributed by atoms with E-state index < -0.39 is 0 Å². The molecule has 1 saturated carbocycles. The van der Waals surface area contributed by atoms with Gasteiger partial charge in [-0.25, -0.2) is 0 Å². The Hall–Kier alpha value is -1.63. The van der Waals surface area contributed by atoms with Crippen LogP contribution in [0.3, 0.4) is 0 Å². The smallest absolute Gasteiger partial charge is 0.0763 e. The quantitative estimate of drug-likeness (QED) is 0.391. The molecule has 0 amide bonds. The zero-order valence-corrected chi connectivity index (χ0v) is 13.0. The van der Waals surface area contributed by atoms with Crippen molar-refractivity contribution in [2.45, 2.75) is 46.0 Å². The molecule has 1 heteroatoms. The molecule has 1 aliphatic carbocycles. The second kappa shape index (κ2) is 8.52. The monoisotopic (exact) mass is 269 g/mol. The molecule has 0 aromatic rings. The predicted molar refractivity (Wildman–Crippen MR) is 91.1 cm³/mol. The average Bonchev–Trinajstić information content (AvgIpc) is 2.37. The molecule has 20 heavy (non-hydrogen) atoms. The maximum Gasteiger partial charge on any atom is 0.0763 e. The van der Waals surface area contributed by atoms with E-state index in [9.17, 15) is 0 Å². The molecular formula is C19H27N. The van der Waals surface area contributed by atoms with Gasteiger partial charge in [-0.05, 0) is 50.0 Å². The predicted octanol–water partition coefficient (Wildman–Crippen LogP) is 5.79. The Morgan fingerprint density at radius 1 is 1.25 bits per heavy atom. The highest BCUT2D eigenvalue weighted by Gasteiger charge is 2.14. The molecule has 0 aromatic heterocycles. The molecule has 0 aliphatic heterocycles. The van der Waals surface area contributed by atoms with Crippen LogP contribution in [0.15, 0.2) is 64.9 Å². The summed E-state index contributed by atoms with van der Waals surface area (Å²) in [5.41, 5.74) is 3.95. The number of hydrogen-bond acceptors (Lipinski definition) is 1. The summed E-state index contributed by atoms with van der Waals surface area (Å²) in [6.07, 6.45) is 14.4. The van der Waals surface area contributed by atoms with Gasteiger partial charge in [0, 0.05) is 5.57 Å². The molecule has 0 spiro atoms. The topological polar surface area (TPSA) is 12.4 Å². The van der Waals surface area contributed by atoms with E-state index in [0.717, 1.165) is 41.2 Å². The fraction of sp³-hybridized carbons (Fsp3) is 0.421. The maximum absolute atomic E-state index is 4.20. The van der Waals surface area contributed by atoms with Gasteiger partial charge < -0.3 is 0 Å². The largest absolute Gasteiger partial charge is 0.263 e. The van der Waals surface area contributed by atoms with Gasteiger partial charge in [0.15, 0.2) is 0 Å². The molecule has 0 N–H and O–H groups in total. The lowest BCUT2D eigenvalue weighted by Gasteiger charge is -2.21. The Morgan fingerprint density at radius 2 is 1.95 bits per heavy atom. The first kappa shape index (κ1) is 16.4. The molecule has 1 nitrogen and oxygen atoms in total. The van der Waals surface area contributed by atoms with Crippen molar-refractivity contribution in [1.82, 2.24) is 0 Å². The van der Waals surface area contributed by atoms with Gasteiger partial charge in [0.25, 0.3) is 0 Å². The first-order valence-corrected chi connectivity index (χ1v) is 7.53. The second-order valence-corrected chi connectivity index (χ2v) is 5.35. The molecule has 1 aliphatic rings. The zero-order valence-electron chi connectivity index (χ0n) is 13.0. The Labute approximate surface area is 124 Å². The standard InChI is InChI=1S/C19H27N/c1-6-9-15(3)18(10-7-2)19(20-5)16(4)13-14-17-11-8-12-17/h7,10,13-14,17H,3-6,8-9,11-12H2,1-2H3/b10-7-,14-13-,19-18-. The first-order chi connectivity index (χ1) is 9.63. The van der Waals surface area contributed by atoms with Crippen molar-refractivity contribution < 1.29 is 0 Å². The minimum atomic E-state index is 0.724. The third-order valence-corrected chi connectivity index (χ3v) is 3.70. The summed E-state index contributed by atoms with van der Waals surface area (Å²) in [6, 6.07) is 0. The van der Waals surface area contributed by atoms with Crippen molar-refractivity contribution in [3.05, 3.63) is 59.9 Å². The van der Waals surface area contributed by atoms with Crippen LogP contribution < -0.4 is 0 Å². The molecule has 108 valence electrons. The molecule has 1 rings (SSSR count). The highest BCUT2D eigenvalue weighted by molar-refractivity contribution is 5.54. The zero-order chi connectivity index (χ0) is 15.0.